The smallest absolute Gasteiger partial charge is 0.253 e. The van der Waals surface area contributed by atoms with E-state index in [1.807, 2.05) is 24.3 Å². The predicted octanol–water partition coefficient (Wildman–Crippen LogP) is 4.46. The highest BCUT2D eigenvalue weighted by Gasteiger charge is 2.28. The molecule has 0 spiro atoms. The molecule has 0 atom stereocenters. The van der Waals surface area contributed by atoms with Crippen molar-refractivity contribution >= 4 is 55.2 Å². The molecule has 51 heavy (non-hydrogen) atoms. The first kappa shape index (κ1) is 36.4. The Morgan fingerprint density at radius 2 is 1.78 bits per heavy atom. The SMILES string of the molecule is NC(=O)c1c(F)cccc1Nc1nc(NC2CCN(S(=O)(=O)CCNC(=O)c3ccc4c(c3)CCN(CCc3ccccc3)C4)CC2)ncc1Br. The molecule has 4 aromatic rings. The van der Waals surface area contributed by atoms with Crippen molar-refractivity contribution in [2.45, 2.75) is 38.3 Å². The van der Waals surface area contributed by atoms with Gasteiger partial charge in [-0.25, -0.2) is 22.1 Å². The van der Waals surface area contributed by atoms with Crippen molar-refractivity contribution in [1.29, 1.82) is 0 Å². The van der Waals surface area contributed by atoms with Gasteiger partial charge < -0.3 is 21.7 Å². The number of nitrogens with one attached hydrogen (secondary N) is 3. The van der Waals surface area contributed by atoms with Crippen molar-refractivity contribution in [3.8, 4) is 0 Å². The summed E-state index contributed by atoms with van der Waals surface area (Å²) in [4.78, 5) is 35.9. The van der Waals surface area contributed by atoms with E-state index in [-0.39, 0.29) is 41.4 Å². The van der Waals surface area contributed by atoms with Crippen molar-refractivity contribution < 1.29 is 22.4 Å². The second kappa shape index (κ2) is 16.3. The van der Waals surface area contributed by atoms with Crippen molar-refractivity contribution in [1.82, 2.24) is 24.5 Å². The Labute approximate surface area is 305 Å². The summed E-state index contributed by atoms with van der Waals surface area (Å²) >= 11 is 3.37. The van der Waals surface area contributed by atoms with Gasteiger partial charge in [0.2, 0.25) is 16.0 Å². The summed E-state index contributed by atoms with van der Waals surface area (Å²) in [5, 5.41) is 8.96. The molecule has 1 saturated heterocycles. The lowest BCUT2D eigenvalue weighted by molar-refractivity contribution is 0.0954. The van der Waals surface area contributed by atoms with Crippen molar-refractivity contribution in [3.63, 3.8) is 0 Å². The Balaban J connectivity index is 0.953. The third-order valence-electron chi connectivity index (χ3n) is 9.20. The minimum absolute atomic E-state index is 0.00891. The zero-order chi connectivity index (χ0) is 36.0. The maximum atomic E-state index is 14.2. The maximum Gasteiger partial charge on any atom is 0.253 e. The molecule has 1 aromatic heterocycles. The number of sulfonamides is 1. The van der Waals surface area contributed by atoms with Gasteiger partial charge in [-0.15, -0.1) is 0 Å². The topological polar surface area (TPSA) is 163 Å². The van der Waals surface area contributed by atoms with Gasteiger partial charge in [0.05, 0.1) is 21.5 Å². The average molecular weight is 780 g/mol. The number of rotatable bonds is 13. The zero-order valence-corrected chi connectivity index (χ0v) is 30.3. The van der Waals surface area contributed by atoms with E-state index in [0.29, 0.717) is 41.8 Å². The van der Waals surface area contributed by atoms with Gasteiger partial charge in [-0.3, -0.25) is 14.5 Å². The molecule has 1 fully saturated rings. The number of amides is 2. The number of aromatic nitrogens is 2. The lowest BCUT2D eigenvalue weighted by Gasteiger charge is -2.31. The van der Waals surface area contributed by atoms with Crippen LogP contribution >= 0.6 is 15.9 Å². The Kier molecular flexibility index (Phi) is 11.6. The molecule has 2 aliphatic heterocycles. The number of hydrogen-bond donors (Lipinski definition) is 4. The molecule has 15 heteroatoms. The summed E-state index contributed by atoms with van der Waals surface area (Å²) in [6, 6.07) is 20.2. The van der Waals surface area contributed by atoms with E-state index >= 15 is 0 Å². The Morgan fingerprint density at radius 1 is 1.00 bits per heavy atom. The van der Waals surface area contributed by atoms with Crippen LogP contribution in [0.5, 0.6) is 0 Å². The molecule has 0 saturated carbocycles. The first-order chi connectivity index (χ1) is 24.6. The molecule has 6 rings (SSSR count). The summed E-state index contributed by atoms with van der Waals surface area (Å²) in [5.41, 5.74) is 9.48. The van der Waals surface area contributed by atoms with Crippen LogP contribution in [0.4, 0.5) is 21.8 Å². The number of benzene rings is 3. The average Bonchev–Trinajstić information content (AvgIpc) is 3.12. The highest BCUT2D eigenvalue weighted by atomic mass is 79.9. The van der Waals surface area contributed by atoms with Gasteiger partial charge >= 0.3 is 0 Å². The Morgan fingerprint density at radius 3 is 2.55 bits per heavy atom. The third-order valence-corrected chi connectivity index (χ3v) is 11.7. The molecular weight excluding hydrogens is 739 g/mol. The monoisotopic (exact) mass is 778 g/mol. The van der Waals surface area contributed by atoms with E-state index in [1.165, 1.54) is 33.8 Å². The molecular formula is C36H40BrFN8O4S. The predicted molar refractivity (Wildman–Crippen MR) is 198 cm³/mol. The van der Waals surface area contributed by atoms with Gasteiger partial charge in [-0.05, 0) is 82.6 Å². The number of piperidine rings is 1. The fourth-order valence-corrected chi connectivity index (χ4v) is 8.07. The highest BCUT2D eigenvalue weighted by molar-refractivity contribution is 9.10. The van der Waals surface area contributed by atoms with Crippen LogP contribution in [0.2, 0.25) is 0 Å². The number of nitrogens with two attached hydrogens (primary N) is 1. The van der Waals surface area contributed by atoms with Gasteiger partial charge in [0.1, 0.15) is 11.6 Å². The number of carbonyl (C=O) groups is 2. The number of primary amides is 1. The van der Waals surface area contributed by atoms with Crippen LogP contribution in [0.15, 0.2) is 77.4 Å². The second-order valence-corrected chi connectivity index (χ2v) is 15.6. The van der Waals surface area contributed by atoms with E-state index in [2.05, 4.69) is 71.0 Å². The molecule has 3 aromatic carbocycles. The molecule has 0 unspecified atom stereocenters. The van der Waals surface area contributed by atoms with Crippen LogP contribution < -0.4 is 21.7 Å². The molecule has 12 nitrogen and oxygen atoms in total. The fraction of sp³-hybridized carbons (Fsp3) is 0.333. The van der Waals surface area contributed by atoms with Crippen molar-refractivity contribution in [2.75, 3.05) is 49.1 Å². The molecule has 0 aliphatic carbocycles. The van der Waals surface area contributed by atoms with E-state index in [4.69, 9.17) is 5.73 Å². The summed E-state index contributed by atoms with van der Waals surface area (Å²) in [5.74, 6) is -1.58. The standard InChI is InChI=1S/C36H40BrFN8O4S/c37-29-22-41-36(44-34(29)43-31-8-4-7-30(38)32(31)33(39)47)42-28-13-18-46(19-14-28)51(49,50)20-15-40-35(48)26-9-10-27-23-45(17-12-25(27)21-26)16-11-24-5-2-1-3-6-24/h1-10,21-22,28H,11-20,23H2,(H2,39,47)(H,40,48)(H2,41,42,43,44). The van der Waals surface area contributed by atoms with Gasteiger partial charge in [0, 0.05) is 57.1 Å². The molecule has 0 bridgehead atoms. The minimum atomic E-state index is -3.60. The Hall–Kier alpha value is -4.44. The van der Waals surface area contributed by atoms with E-state index < -0.39 is 21.7 Å². The number of carbonyl (C=O) groups excluding carboxylic acids is 2. The summed E-state index contributed by atoms with van der Waals surface area (Å²) in [6.07, 6.45) is 4.41. The quantitative estimate of drug-likeness (QED) is 0.154. The number of hydrogen-bond acceptors (Lipinski definition) is 9. The van der Waals surface area contributed by atoms with Crippen LogP contribution in [-0.2, 0) is 29.4 Å². The Bertz CT molecular complexity index is 1990. The summed E-state index contributed by atoms with van der Waals surface area (Å²) < 4.78 is 42.4. The third kappa shape index (κ3) is 9.27. The highest BCUT2D eigenvalue weighted by Crippen LogP contribution is 2.28. The summed E-state index contributed by atoms with van der Waals surface area (Å²) in [6.45, 7) is 3.36. The molecule has 3 heterocycles. The lowest BCUT2D eigenvalue weighted by Crippen LogP contribution is -2.45. The van der Waals surface area contributed by atoms with Crippen LogP contribution in [-0.4, -0.2) is 83.9 Å². The number of nitrogens with zero attached hydrogens (tertiary/aromatic N) is 4. The van der Waals surface area contributed by atoms with Crippen LogP contribution in [0.25, 0.3) is 0 Å². The van der Waals surface area contributed by atoms with Gasteiger partial charge in [-0.2, -0.15) is 4.98 Å². The molecule has 5 N–H and O–H groups in total. The van der Waals surface area contributed by atoms with Gasteiger partial charge in [0.15, 0.2) is 0 Å². The van der Waals surface area contributed by atoms with E-state index in [1.54, 1.807) is 0 Å². The lowest BCUT2D eigenvalue weighted by atomic mass is 9.96. The normalized spacial score (nSPS) is 15.6. The second-order valence-electron chi connectivity index (χ2n) is 12.7. The maximum absolute atomic E-state index is 14.2. The van der Waals surface area contributed by atoms with Crippen molar-refractivity contribution in [3.05, 3.63) is 111 Å². The number of fused-ring (bicyclic) bond motifs is 1. The zero-order valence-electron chi connectivity index (χ0n) is 27.9. The van der Waals surface area contributed by atoms with Gasteiger partial charge in [0.25, 0.3) is 11.8 Å². The fourth-order valence-electron chi connectivity index (χ4n) is 6.39. The van der Waals surface area contributed by atoms with Crippen LogP contribution in [0.3, 0.4) is 0 Å². The van der Waals surface area contributed by atoms with Crippen LogP contribution in [0, 0.1) is 5.82 Å². The summed E-state index contributed by atoms with van der Waals surface area (Å²) in [7, 11) is -3.60. The molecule has 2 amide bonds. The number of anilines is 3. The molecule has 2 aliphatic rings. The van der Waals surface area contributed by atoms with E-state index in [0.717, 1.165) is 44.1 Å². The van der Waals surface area contributed by atoms with Crippen molar-refractivity contribution in [2.24, 2.45) is 5.73 Å². The molecule has 0 radical (unpaired) electrons. The first-order valence-electron chi connectivity index (χ1n) is 16.8. The minimum Gasteiger partial charge on any atom is -0.365 e. The number of halogens is 2. The van der Waals surface area contributed by atoms with Gasteiger partial charge in [-0.1, -0.05) is 42.5 Å². The first-order valence-corrected chi connectivity index (χ1v) is 19.2. The largest absolute Gasteiger partial charge is 0.365 e. The van der Waals surface area contributed by atoms with E-state index in [9.17, 15) is 22.4 Å². The molecule has 268 valence electrons. The van der Waals surface area contributed by atoms with Crippen LogP contribution in [0.1, 0.15) is 50.2 Å².